The highest BCUT2D eigenvalue weighted by Gasteiger charge is 2.47. The van der Waals surface area contributed by atoms with Crippen LogP contribution >= 0.6 is 11.6 Å². The molecule has 0 spiro atoms. The van der Waals surface area contributed by atoms with Crippen molar-refractivity contribution >= 4 is 34.7 Å². The zero-order valence-electron chi connectivity index (χ0n) is 16.3. The number of halogens is 1. The molecule has 0 saturated carbocycles. The number of anilines is 1. The summed E-state index contributed by atoms with van der Waals surface area (Å²) in [7, 11) is 1.47. The number of aromatic hydroxyl groups is 1. The molecule has 2 heterocycles. The maximum atomic E-state index is 13.1. The lowest BCUT2D eigenvalue weighted by molar-refractivity contribution is -0.132. The molecule has 8 heteroatoms. The number of pyridine rings is 1. The molecule has 156 valence electrons. The summed E-state index contributed by atoms with van der Waals surface area (Å²) in [5, 5.41) is 20.9. The summed E-state index contributed by atoms with van der Waals surface area (Å²) in [4.78, 5) is 31.3. The third-order valence-corrected chi connectivity index (χ3v) is 5.32. The first-order valence-corrected chi connectivity index (χ1v) is 9.64. The van der Waals surface area contributed by atoms with E-state index in [9.17, 15) is 19.8 Å². The molecule has 1 amide bonds. The highest BCUT2D eigenvalue weighted by Crippen LogP contribution is 2.43. The average molecular weight is 437 g/mol. The summed E-state index contributed by atoms with van der Waals surface area (Å²) < 4.78 is 5.17. The number of ketones is 1. The van der Waals surface area contributed by atoms with E-state index in [-0.39, 0.29) is 22.1 Å². The summed E-state index contributed by atoms with van der Waals surface area (Å²) in [5.41, 5.74) is 1.16. The quantitative estimate of drug-likeness (QED) is 0.363. The van der Waals surface area contributed by atoms with E-state index in [0.717, 1.165) is 0 Å². The Hall–Kier alpha value is -3.84. The number of aromatic nitrogens is 1. The normalized spacial score (nSPS) is 17.7. The summed E-state index contributed by atoms with van der Waals surface area (Å²) in [5.74, 6) is -1.52. The fourth-order valence-corrected chi connectivity index (χ4v) is 3.79. The molecule has 0 radical (unpaired) electrons. The lowest BCUT2D eigenvalue weighted by Crippen LogP contribution is -2.29. The number of phenolic OH excluding ortho intramolecular Hbond substituents is 1. The Labute approximate surface area is 182 Å². The zero-order valence-corrected chi connectivity index (χ0v) is 17.1. The van der Waals surface area contributed by atoms with Crippen molar-refractivity contribution in [1.82, 2.24) is 4.98 Å². The van der Waals surface area contributed by atoms with E-state index < -0.39 is 17.7 Å². The molecule has 7 nitrogen and oxygen atoms in total. The first-order chi connectivity index (χ1) is 14.9. The Bertz CT molecular complexity index is 1190. The van der Waals surface area contributed by atoms with Gasteiger partial charge in [0.1, 0.15) is 17.3 Å². The Morgan fingerprint density at radius 2 is 1.74 bits per heavy atom. The van der Waals surface area contributed by atoms with E-state index in [2.05, 4.69) is 4.98 Å². The molecule has 0 aliphatic carbocycles. The third-order valence-electron chi connectivity index (χ3n) is 5.02. The molecule has 1 atom stereocenters. The smallest absolute Gasteiger partial charge is 0.300 e. The minimum Gasteiger partial charge on any atom is -0.508 e. The second kappa shape index (κ2) is 8.12. The van der Waals surface area contributed by atoms with Crippen molar-refractivity contribution in [2.24, 2.45) is 0 Å². The first kappa shape index (κ1) is 20.4. The van der Waals surface area contributed by atoms with Crippen LogP contribution in [-0.2, 0) is 9.59 Å². The van der Waals surface area contributed by atoms with Crippen molar-refractivity contribution in [3.63, 3.8) is 0 Å². The predicted octanol–water partition coefficient (Wildman–Crippen LogP) is 4.08. The Balaban J connectivity index is 1.94. The van der Waals surface area contributed by atoms with Crippen molar-refractivity contribution in [2.75, 3.05) is 12.0 Å². The van der Waals surface area contributed by atoms with Gasteiger partial charge in [0.25, 0.3) is 11.7 Å². The second-order valence-corrected chi connectivity index (χ2v) is 7.22. The molecule has 1 fully saturated rings. The largest absolute Gasteiger partial charge is 0.508 e. The number of methoxy groups -OCH3 is 1. The number of amides is 1. The van der Waals surface area contributed by atoms with Crippen LogP contribution in [0.1, 0.15) is 17.2 Å². The van der Waals surface area contributed by atoms with Crippen molar-refractivity contribution in [2.45, 2.75) is 6.04 Å². The number of aliphatic hydroxyl groups excluding tert-OH is 1. The van der Waals surface area contributed by atoms with E-state index in [1.165, 1.54) is 42.6 Å². The van der Waals surface area contributed by atoms with Gasteiger partial charge in [-0.1, -0.05) is 23.7 Å². The topological polar surface area (TPSA) is 100.0 Å². The number of aliphatic hydroxyl groups is 1. The SMILES string of the molecule is COc1ccc(N2C(=O)C(=O)/C(=C(/O)c3ccncc3)C2c2ccc(O)cc2)cc1Cl. The number of phenols is 1. The molecule has 3 aromatic rings. The van der Waals surface area contributed by atoms with E-state index in [4.69, 9.17) is 16.3 Å². The molecule has 1 aliphatic rings. The molecule has 2 N–H and O–H groups in total. The van der Waals surface area contributed by atoms with E-state index >= 15 is 0 Å². The van der Waals surface area contributed by atoms with Crippen LogP contribution in [0.25, 0.3) is 5.76 Å². The van der Waals surface area contributed by atoms with Crippen LogP contribution in [-0.4, -0.2) is 34.0 Å². The average Bonchev–Trinajstić information content (AvgIpc) is 3.05. The number of carbonyl (C=O) groups is 2. The number of nitrogens with zero attached hydrogens (tertiary/aromatic N) is 2. The van der Waals surface area contributed by atoms with Gasteiger partial charge in [-0.3, -0.25) is 19.5 Å². The number of benzene rings is 2. The molecule has 1 aromatic heterocycles. The van der Waals surface area contributed by atoms with Crippen LogP contribution in [0.3, 0.4) is 0 Å². The Morgan fingerprint density at radius 3 is 2.35 bits per heavy atom. The minimum absolute atomic E-state index is 0.0299. The molecular formula is C23H17ClN2O5. The molecule has 1 aliphatic heterocycles. The van der Waals surface area contributed by atoms with E-state index in [1.54, 1.807) is 36.4 Å². The minimum atomic E-state index is -0.932. The Kier molecular flexibility index (Phi) is 5.35. The maximum absolute atomic E-state index is 13.1. The summed E-state index contributed by atoms with van der Waals surface area (Å²) in [6.07, 6.45) is 2.95. The highest BCUT2D eigenvalue weighted by molar-refractivity contribution is 6.51. The maximum Gasteiger partial charge on any atom is 0.300 e. The highest BCUT2D eigenvalue weighted by atomic mass is 35.5. The van der Waals surface area contributed by atoms with Gasteiger partial charge in [0.15, 0.2) is 0 Å². The van der Waals surface area contributed by atoms with Crippen LogP contribution in [0.4, 0.5) is 5.69 Å². The summed E-state index contributed by atoms with van der Waals surface area (Å²) >= 11 is 6.25. The third kappa shape index (κ3) is 3.60. The van der Waals surface area contributed by atoms with Crippen LogP contribution < -0.4 is 9.64 Å². The fourth-order valence-electron chi connectivity index (χ4n) is 3.54. The van der Waals surface area contributed by atoms with Gasteiger partial charge in [-0.25, -0.2) is 0 Å². The number of hydrogen-bond acceptors (Lipinski definition) is 6. The zero-order chi connectivity index (χ0) is 22.1. The van der Waals surface area contributed by atoms with E-state index in [0.29, 0.717) is 22.6 Å². The Morgan fingerprint density at radius 1 is 1.06 bits per heavy atom. The molecule has 2 aromatic carbocycles. The number of rotatable bonds is 4. The van der Waals surface area contributed by atoms with Gasteiger partial charge in [0.2, 0.25) is 0 Å². The lowest BCUT2D eigenvalue weighted by atomic mass is 9.95. The van der Waals surface area contributed by atoms with Crippen molar-refractivity contribution in [1.29, 1.82) is 0 Å². The van der Waals surface area contributed by atoms with Crippen LogP contribution in [0, 0.1) is 0 Å². The van der Waals surface area contributed by atoms with Gasteiger partial charge >= 0.3 is 0 Å². The lowest BCUT2D eigenvalue weighted by Gasteiger charge is -2.26. The van der Waals surface area contributed by atoms with E-state index in [1.807, 2.05) is 0 Å². The monoisotopic (exact) mass is 436 g/mol. The van der Waals surface area contributed by atoms with Crippen molar-refractivity contribution in [3.8, 4) is 11.5 Å². The van der Waals surface area contributed by atoms with Crippen LogP contribution in [0.2, 0.25) is 5.02 Å². The molecule has 31 heavy (non-hydrogen) atoms. The predicted molar refractivity (Wildman–Crippen MR) is 115 cm³/mol. The molecular weight excluding hydrogens is 420 g/mol. The number of Topliss-reactive ketones (excluding diaryl/α,β-unsaturated/α-hetero) is 1. The van der Waals surface area contributed by atoms with Gasteiger partial charge in [-0.2, -0.15) is 0 Å². The number of hydrogen-bond donors (Lipinski definition) is 2. The van der Waals surface area contributed by atoms with Crippen molar-refractivity contribution in [3.05, 3.63) is 88.7 Å². The molecule has 1 saturated heterocycles. The van der Waals surface area contributed by atoms with Crippen molar-refractivity contribution < 1.29 is 24.5 Å². The van der Waals surface area contributed by atoms with Gasteiger partial charge in [-0.05, 0) is 48.0 Å². The number of ether oxygens (including phenoxy) is 1. The van der Waals surface area contributed by atoms with Gasteiger partial charge in [-0.15, -0.1) is 0 Å². The van der Waals surface area contributed by atoms with Crippen LogP contribution in [0.5, 0.6) is 11.5 Å². The number of carbonyl (C=O) groups excluding carboxylic acids is 2. The van der Waals surface area contributed by atoms with Gasteiger partial charge < -0.3 is 14.9 Å². The molecule has 4 rings (SSSR count). The van der Waals surface area contributed by atoms with Gasteiger partial charge in [0.05, 0.1) is 23.7 Å². The van der Waals surface area contributed by atoms with Crippen LogP contribution in [0.15, 0.2) is 72.6 Å². The standard InChI is InChI=1S/C23H17ClN2O5/c1-31-18-7-4-15(12-17(18)24)26-20(13-2-5-16(27)6-3-13)19(22(29)23(26)30)21(28)14-8-10-25-11-9-14/h2-12,20,27-28H,1H3/b21-19+. The summed E-state index contributed by atoms with van der Waals surface area (Å²) in [6, 6.07) is 12.9. The summed E-state index contributed by atoms with van der Waals surface area (Å²) in [6.45, 7) is 0. The second-order valence-electron chi connectivity index (χ2n) is 6.82. The molecule has 1 unspecified atom stereocenters. The van der Waals surface area contributed by atoms with Gasteiger partial charge in [0, 0.05) is 23.6 Å². The molecule has 0 bridgehead atoms. The first-order valence-electron chi connectivity index (χ1n) is 9.26. The fraction of sp³-hybridized carbons (Fsp3) is 0.0870.